The lowest BCUT2D eigenvalue weighted by Gasteiger charge is -2.09. The number of nitriles is 1. The Labute approximate surface area is 120 Å². The normalized spacial score (nSPS) is 9.85. The second-order valence-electron chi connectivity index (χ2n) is 4.01. The highest BCUT2D eigenvalue weighted by Gasteiger charge is 2.20. The molecule has 2 aromatic carbocycles. The van der Waals surface area contributed by atoms with Gasteiger partial charge < -0.3 is 4.74 Å². The molecule has 100 valence electrons. The molecule has 0 aromatic heterocycles. The van der Waals surface area contributed by atoms with Crippen molar-refractivity contribution in [2.75, 3.05) is 0 Å². The molecule has 0 heterocycles. The van der Waals surface area contributed by atoms with Crippen LogP contribution in [0.25, 0.3) is 0 Å². The van der Waals surface area contributed by atoms with Gasteiger partial charge in [-0.3, -0.25) is 10.1 Å². The lowest BCUT2D eigenvalue weighted by atomic mass is 10.2. The molecule has 20 heavy (non-hydrogen) atoms. The Morgan fingerprint density at radius 2 is 1.90 bits per heavy atom. The van der Waals surface area contributed by atoms with Crippen LogP contribution >= 0.6 is 11.6 Å². The van der Waals surface area contributed by atoms with Crippen molar-refractivity contribution in [3.05, 3.63) is 62.7 Å². The summed E-state index contributed by atoms with van der Waals surface area (Å²) in [4.78, 5) is 10.6. The van der Waals surface area contributed by atoms with E-state index in [2.05, 4.69) is 0 Å². The first kappa shape index (κ1) is 13.8. The molecule has 0 aliphatic heterocycles. The highest BCUT2D eigenvalue weighted by atomic mass is 35.5. The number of benzene rings is 2. The van der Waals surface area contributed by atoms with Crippen LogP contribution in [0.3, 0.4) is 0 Å². The first-order chi connectivity index (χ1) is 9.54. The average Bonchev–Trinajstić information content (AvgIpc) is 2.38. The summed E-state index contributed by atoms with van der Waals surface area (Å²) in [7, 11) is 0. The number of hydrogen-bond acceptors (Lipinski definition) is 4. The Balaban J connectivity index is 2.52. The lowest BCUT2D eigenvalue weighted by Crippen LogP contribution is -1.97. The quantitative estimate of drug-likeness (QED) is 0.626. The van der Waals surface area contributed by atoms with E-state index in [4.69, 9.17) is 21.6 Å². The molecule has 0 N–H and O–H groups in total. The molecule has 6 heteroatoms. The first-order valence-electron chi connectivity index (χ1n) is 5.65. The van der Waals surface area contributed by atoms with E-state index < -0.39 is 4.92 Å². The van der Waals surface area contributed by atoms with Crippen LogP contribution in [0.15, 0.2) is 36.4 Å². The van der Waals surface area contributed by atoms with E-state index in [0.29, 0.717) is 5.56 Å². The topological polar surface area (TPSA) is 76.2 Å². The average molecular weight is 289 g/mol. The molecule has 0 radical (unpaired) electrons. The number of hydrogen-bond donors (Lipinski definition) is 0. The van der Waals surface area contributed by atoms with Gasteiger partial charge in [0.15, 0.2) is 0 Å². The van der Waals surface area contributed by atoms with Crippen LogP contribution in [0.1, 0.15) is 11.1 Å². The van der Waals surface area contributed by atoms with Crippen molar-refractivity contribution in [2.45, 2.75) is 6.92 Å². The van der Waals surface area contributed by atoms with Crippen molar-refractivity contribution in [3.63, 3.8) is 0 Å². The van der Waals surface area contributed by atoms with Gasteiger partial charge in [0.05, 0.1) is 9.95 Å². The molecule has 5 nitrogen and oxygen atoms in total. The molecule has 0 saturated carbocycles. The van der Waals surface area contributed by atoms with Gasteiger partial charge in [-0.05, 0) is 25.1 Å². The van der Waals surface area contributed by atoms with Gasteiger partial charge in [0.25, 0.3) is 0 Å². The molecule has 0 unspecified atom stereocenters. The Morgan fingerprint density at radius 3 is 2.55 bits per heavy atom. The maximum atomic E-state index is 11.1. The molecule has 0 aliphatic rings. The highest BCUT2D eigenvalue weighted by molar-refractivity contribution is 6.31. The van der Waals surface area contributed by atoms with Crippen LogP contribution in [-0.4, -0.2) is 4.92 Å². The Hall–Kier alpha value is -2.58. The van der Waals surface area contributed by atoms with Gasteiger partial charge in [0.1, 0.15) is 17.4 Å². The number of nitro groups is 1. The maximum Gasteiger partial charge on any atom is 0.314 e. The van der Waals surface area contributed by atoms with E-state index in [9.17, 15) is 10.1 Å². The summed E-state index contributed by atoms with van der Waals surface area (Å²) < 4.78 is 5.51. The summed E-state index contributed by atoms with van der Waals surface area (Å²) in [5.41, 5.74) is 0.495. The number of halogens is 1. The molecule has 0 spiro atoms. The zero-order valence-electron chi connectivity index (χ0n) is 10.5. The monoisotopic (exact) mass is 288 g/mol. The molecular formula is C14H9ClN2O3. The minimum absolute atomic E-state index is 0.0776. The summed E-state index contributed by atoms with van der Waals surface area (Å²) in [6.07, 6.45) is 0. The van der Waals surface area contributed by atoms with Crippen molar-refractivity contribution in [3.8, 4) is 17.6 Å². The molecule has 0 fully saturated rings. The minimum atomic E-state index is -0.513. The summed E-state index contributed by atoms with van der Waals surface area (Å²) in [5.74, 6) is 0.266. The van der Waals surface area contributed by atoms with Gasteiger partial charge in [-0.1, -0.05) is 29.8 Å². The third-order valence-corrected chi connectivity index (χ3v) is 3.01. The fraction of sp³-hybridized carbons (Fsp3) is 0.0714. The van der Waals surface area contributed by atoms with Crippen molar-refractivity contribution in [1.82, 2.24) is 0 Å². The zero-order valence-corrected chi connectivity index (χ0v) is 11.2. The van der Waals surface area contributed by atoms with Crippen LogP contribution in [-0.2, 0) is 0 Å². The van der Waals surface area contributed by atoms with Crippen LogP contribution < -0.4 is 4.74 Å². The summed E-state index contributed by atoms with van der Waals surface area (Å²) in [6, 6.07) is 11.4. The Kier molecular flexibility index (Phi) is 3.87. The minimum Gasteiger partial charge on any atom is -0.449 e. The predicted octanol–water partition coefficient (Wildman–Crippen LogP) is 4.22. The number of rotatable bonds is 3. The van der Waals surface area contributed by atoms with E-state index in [-0.39, 0.29) is 27.8 Å². The smallest absolute Gasteiger partial charge is 0.314 e. The van der Waals surface area contributed by atoms with Crippen LogP contribution in [0, 0.1) is 28.4 Å². The van der Waals surface area contributed by atoms with E-state index >= 15 is 0 Å². The van der Waals surface area contributed by atoms with Crippen LogP contribution in [0.4, 0.5) is 5.69 Å². The molecular weight excluding hydrogens is 280 g/mol. The van der Waals surface area contributed by atoms with Crippen molar-refractivity contribution in [2.24, 2.45) is 0 Å². The number of nitro benzene ring substituents is 1. The highest BCUT2D eigenvalue weighted by Crippen LogP contribution is 2.36. The standard InChI is InChI=1S/C14H9ClN2O3/c1-9-4-2-7-13(14(9)17(18)19)20-12-6-3-5-11(15)10(12)8-16/h2-7H,1H3. The van der Waals surface area contributed by atoms with E-state index in [0.717, 1.165) is 0 Å². The van der Waals surface area contributed by atoms with Gasteiger partial charge in [-0.15, -0.1) is 0 Å². The SMILES string of the molecule is Cc1cccc(Oc2cccc(Cl)c2C#N)c1[N+](=O)[O-]. The van der Waals surface area contributed by atoms with Crippen molar-refractivity contribution in [1.29, 1.82) is 5.26 Å². The number of nitrogens with zero attached hydrogens (tertiary/aromatic N) is 2. The molecule has 2 aromatic rings. The molecule has 0 bridgehead atoms. The second kappa shape index (κ2) is 5.59. The van der Waals surface area contributed by atoms with Gasteiger partial charge in [-0.25, -0.2) is 0 Å². The van der Waals surface area contributed by atoms with E-state index in [1.165, 1.54) is 12.1 Å². The Morgan fingerprint density at radius 1 is 1.25 bits per heavy atom. The summed E-state index contributed by atoms with van der Waals surface area (Å²) in [6.45, 7) is 1.62. The Bertz CT molecular complexity index is 723. The van der Waals surface area contributed by atoms with E-state index in [1.807, 2.05) is 6.07 Å². The van der Waals surface area contributed by atoms with E-state index in [1.54, 1.807) is 31.2 Å². The van der Waals surface area contributed by atoms with Gasteiger partial charge in [-0.2, -0.15) is 5.26 Å². The largest absolute Gasteiger partial charge is 0.449 e. The van der Waals surface area contributed by atoms with Gasteiger partial charge in [0.2, 0.25) is 5.75 Å². The summed E-state index contributed by atoms with van der Waals surface area (Å²) >= 11 is 5.89. The molecule has 0 atom stereocenters. The fourth-order valence-corrected chi connectivity index (χ4v) is 1.97. The van der Waals surface area contributed by atoms with Crippen molar-refractivity contribution < 1.29 is 9.66 Å². The third-order valence-electron chi connectivity index (χ3n) is 2.69. The number of aryl methyl sites for hydroxylation is 1. The first-order valence-corrected chi connectivity index (χ1v) is 6.03. The molecule has 0 aliphatic carbocycles. The molecule has 2 rings (SSSR count). The van der Waals surface area contributed by atoms with Crippen molar-refractivity contribution >= 4 is 17.3 Å². The fourth-order valence-electron chi connectivity index (χ4n) is 1.76. The number of para-hydroxylation sites is 1. The van der Waals surface area contributed by atoms with Crippen LogP contribution in [0.2, 0.25) is 5.02 Å². The predicted molar refractivity (Wildman–Crippen MR) is 74.1 cm³/mol. The maximum absolute atomic E-state index is 11.1. The van der Waals surface area contributed by atoms with Gasteiger partial charge >= 0.3 is 5.69 Å². The summed E-state index contributed by atoms with van der Waals surface area (Å²) in [5, 5.41) is 20.4. The molecule has 0 saturated heterocycles. The van der Waals surface area contributed by atoms with Crippen LogP contribution in [0.5, 0.6) is 11.5 Å². The van der Waals surface area contributed by atoms with Gasteiger partial charge in [0, 0.05) is 5.56 Å². The third kappa shape index (κ3) is 2.56. The zero-order chi connectivity index (χ0) is 14.7. The second-order valence-corrected chi connectivity index (χ2v) is 4.41. The number of ether oxygens (including phenoxy) is 1. The lowest BCUT2D eigenvalue weighted by molar-refractivity contribution is -0.386. The molecule has 0 amide bonds.